The minimum atomic E-state index is -0.287. The van der Waals surface area contributed by atoms with Gasteiger partial charge in [0.2, 0.25) is 0 Å². The van der Waals surface area contributed by atoms with E-state index in [0.29, 0.717) is 49.6 Å². The van der Waals surface area contributed by atoms with E-state index < -0.39 is 0 Å². The number of aromatic nitrogens is 1. The molecule has 0 aliphatic carbocycles. The second kappa shape index (κ2) is 8.86. The van der Waals surface area contributed by atoms with Gasteiger partial charge in [0, 0.05) is 38.1 Å². The topological polar surface area (TPSA) is 98.6 Å². The maximum absolute atomic E-state index is 12.3. The lowest BCUT2D eigenvalue weighted by Gasteiger charge is -2.34. The number of hydrogen-bond donors (Lipinski definition) is 1. The van der Waals surface area contributed by atoms with Crippen LogP contribution in [0.2, 0.25) is 0 Å². The van der Waals surface area contributed by atoms with E-state index in [1.807, 2.05) is 6.07 Å². The molecule has 1 fully saturated rings. The molecule has 0 atom stereocenters. The number of nitrogens with one attached hydrogen (secondary N) is 1. The van der Waals surface area contributed by atoms with E-state index in [4.69, 9.17) is 10.00 Å². The molecule has 2 amide bonds. The number of piperazine rings is 1. The maximum atomic E-state index is 12.3. The monoisotopic (exact) mass is 379 g/mol. The van der Waals surface area contributed by atoms with Gasteiger partial charge >= 0.3 is 6.09 Å². The Balaban J connectivity index is 1.56. The molecule has 2 heterocycles. The molecule has 8 nitrogen and oxygen atoms in total. The van der Waals surface area contributed by atoms with Crippen molar-refractivity contribution in [1.82, 2.24) is 9.88 Å². The first-order valence-corrected chi connectivity index (χ1v) is 9.05. The molecule has 1 aliphatic rings. The van der Waals surface area contributed by atoms with Crippen molar-refractivity contribution in [3.05, 3.63) is 53.7 Å². The van der Waals surface area contributed by atoms with Gasteiger partial charge in [-0.1, -0.05) is 0 Å². The summed E-state index contributed by atoms with van der Waals surface area (Å²) in [5, 5.41) is 11.6. The van der Waals surface area contributed by atoms with E-state index >= 15 is 0 Å². The molecule has 1 N–H and O–H groups in total. The fourth-order valence-corrected chi connectivity index (χ4v) is 2.87. The number of pyridine rings is 1. The first-order chi connectivity index (χ1) is 13.6. The van der Waals surface area contributed by atoms with Crippen molar-refractivity contribution >= 4 is 23.5 Å². The smallest absolute Gasteiger partial charge is 0.409 e. The summed E-state index contributed by atoms with van der Waals surface area (Å²) < 4.78 is 5.02. The number of rotatable bonds is 4. The van der Waals surface area contributed by atoms with Crippen LogP contribution in [0.1, 0.15) is 22.8 Å². The summed E-state index contributed by atoms with van der Waals surface area (Å²) in [6.45, 7) is 4.61. The zero-order valence-corrected chi connectivity index (χ0v) is 15.6. The standard InChI is InChI=1S/C20H21N5O3/c1-2-28-20(27)25-11-9-24(10-12-25)18-8-5-16(14-22-18)19(26)23-17-6-3-15(13-21)4-7-17/h3-8,14H,2,9-12H2,1H3,(H,23,26). The summed E-state index contributed by atoms with van der Waals surface area (Å²) >= 11 is 0. The second-order valence-electron chi connectivity index (χ2n) is 6.22. The molecule has 0 spiro atoms. The molecule has 144 valence electrons. The summed E-state index contributed by atoms with van der Waals surface area (Å²) in [6.07, 6.45) is 1.25. The average molecular weight is 379 g/mol. The number of ether oxygens (including phenoxy) is 1. The Morgan fingerprint density at radius 2 is 1.86 bits per heavy atom. The van der Waals surface area contributed by atoms with Crippen molar-refractivity contribution in [3.8, 4) is 6.07 Å². The molecule has 3 rings (SSSR count). The van der Waals surface area contributed by atoms with Gasteiger partial charge in [0.05, 0.1) is 23.8 Å². The lowest BCUT2D eigenvalue weighted by Crippen LogP contribution is -2.49. The summed E-state index contributed by atoms with van der Waals surface area (Å²) in [5.41, 5.74) is 1.59. The van der Waals surface area contributed by atoms with Gasteiger partial charge in [-0.15, -0.1) is 0 Å². The predicted molar refractivity (Wildman–Crippen MR) is 104 cm³/mol. The Labute approximate surface area is 163 Å². The van der Waals surface area contributed by atoms with Crippen LogP contribution < -0.4 is 10.2 Å². The number of anilines is 2. The summed E-state index contributed by atoms with van der Waals surface area (Å²) in [4.78, 5) is 32.2. The fraction of sp³-hybridized carbons (Fsp3) is 0.300. The quantitative estimate of drug-likeness (QED) is 0.876. The molecule has 1 aliphatic heterocycles. The largest absolute Gasteiger partial charge is 0.450 e. The van der Waals surface area contributed by atoms with Crippen LogP contribution in [-0.4, -0.2) is 54.7 Å². The minimum absolute atomic E-state index is 0.268. The minimum Gasteiger partial charge on any atom is -0.450 e. The SMILES string of the molecule is CCOC(=O)N1CCN(c2ccc(C(=O)Nc3ccc(C#N)cc3)cn2)CC1. The molecule has 2 aromatic rings. The highest BCUT2D eigenvalue weighted by Gasteiger charge is 2.22. The first kappa shape index (κ1) is 19.2. The van der Waals surface area contributed by atoms with Gasteiger partial charge in [-0.2, -0.15) is 5.26 Å². The van der Waals surface area contributed by atoms with E-state index in [1.54, 1.807) is 48.2 Å². The number of carbonyl (C=O) groups is 2. The molecule has 0 bridgehead atoms. The Morgan fingerprint density at radius 3 is 2.43 bits per heavy atom. The summed E-state index contributed by atoms with van der Waals surface area (Å²) in [7, 11) is 0. The molecule has 0 radical (unpaired) electrons. The predicted octanol–water partition coefficient (Wildman–Crippen LogP) is 2.48. The van der Waals surface area contributed by atoms with Gasteiger partial charge in [-0.05, 0) is 43.3 Å². The number of hydrogen-bond acceptors (Lipinski definition) is 6. The zero-order chi connectivity index (χ0) is 19.9. The van der Waals surface area contributed by atoms with E-state index in [-0.39, 0.29) is 12.0 Å². The molecular weight excluding hydrogens is 358 g/mol. The van der Waals surface area contributed by atoms with E-state index in [1.165, 1.54) is 6.20 Å². The van der Waals surface area contributed by atoms with Gasteiger partial charge < -0.3 is 19.9 Å². The summed E-state index contributed by atoms with van der Waals surface area (Å²) in [5.74, 6) is 0.495. The van der Waals surface area contributed by atoms with Crippen LogP contribution in [0.4, 0.5) is 16.3 Å². The van der Waals surface area contributed by atoms with Crippen LogP contribution >= 0.6 is 0 Å². The van der Waals surface area contributed by atoms with Gasteiger partial charge in [0.25, 0.3) is 5.91 Å². The zero-order valence-electron chi connectivity index (χ0n) is 15.6. The van der Waals surface area contributed by atoms with Gasteiger partial charge in [0.15, 0.2) is 0 Å². The third kappa shape index (κ3) is 4.57. The van der Waals surface area contributed by atoms with Crippen molar-refractivity contribution in [3.63, 3.8) is 0 Å². The Kier molecular flexibility index (Phi) is 6.07. The van der Waals surface area contributed by atoms with Gasteiger partial charge in [0.1, 0.15) is 5.82 Å². The summed E-state index contributed by atoms with van der Waals surface area (Å²) in [6, 6.07) is 12.2. The van der Waals surface area contributed by atoms with Crippen molar-refractivity contribution < 1.29 is 14.3 Å². The first-order valence-electron chi connectivity index (χ1n) is 9.05. The number of nitriles is 1. The van der Waals surface area contributed by atoms with Crippen LogP contribution in [0.25, 0.3) is 0 Å². The molecule has 0 unspecified atom stereocenters. The van der Waals surface area contributed by atoms with Crippen molar-refractivity contribution in [2.24, 2.45) is 0 Å². The fourth-order valence-electron chi connectivity index (χ4n) is 2.87. The Bertz CT molecular complexity index is 866. The molecule has 1 aromatic heterocycles. The van der Waals surface area contributed by atoms with Crippen LogP contribution in [0.3, 0.4) is 0 Å². The van der Waals surface area contributed by atoms with Crippen LogP contribution in [0.5, 0.6) is 0 Å². The Hall–Kier alpha value is -3.60. The van der Waals surface area contributed by atoms with Crippen LogP contribution in [0, 0.1) is 11.3 Å². The number of benzene rings is 1. The highest BCUT2D eigenvalue weighted by molar-refractivity contribution is 6.04. The molecule has 1 aromatic carbocycles. The molecule has 8 heteroatoms. The normalized spacial score (nSPS) is 13.6. The highest BCUT2D eigenvalue weighted by Crippen LogP contribution is 2.16. The number of carbonyl (C=O) groups excluding carboxylic acids is 2. The molecule has 1 saturated heterocycles. The van der Waals surface area contributed by atoms with E-state index in [0.717, 1.165) is 5.82 Å². The number of nitrogens with zero attached hydrogens (tertiary/aromatic N) is 4. The van der Waals surface area contributed by atoms with E-state index in [9.17, 15) is 9.59 Å². The van der Waals surface area contributed by atoms with Crippen molar-refractivity contribution in [2.45, 2.75) is 6.92 Å². The highest BCUT2D eigenvalue weighted by atomic mass is 16.6. The van der Waals surface area contributed by atoms with Gasteiger partial charge in [-0.3, -0.25) is 4.79 Å². The third-order valence-corrected chi connectivity index (χ3v) is 4.41. The number of amides is 2. The lowest BCUT2D eigenvalue weighted by atomic mass is 10.2. The van der Waals surface area contributed by atoms with E-state index in [2.05, 4.69) is 15.2 Å². The van der Waals surface area contributed by atoms with Crippen LogP contribution in [0.15, 0.2) is 42.6 Å². The molecule has 0 saturated carbocycles. The van der Waals surface area contributed by atoms with Crippen molar-refractivity contribution in [1.29, 1.82) is 5.26 Å². The molecule has 28 heavy (non-hydrogen) atoms. The average Bonchev–Trinajstić information content (AvgIpc) is 2.74. The molecular formula is C20H21N5O3. The van der Waals surface area contributed by atoms with Crippen LogP contribution in [-0.2, 0) is 4.74 Å². The van der Waals surface area contributed by atoms with Crippen molar-refractivity contribution in [2.75, 3.05) is 43.0 Å². The second-order valence-corrected chi connectivity index (χ2v) is 6.22. The van der Waals surface area contributed by atoms with Gasteiger partial charge in [-0.25, -0.2) is 9.78 Å². The maximum Gasteiger partial charge on any atom is 0.409 e. The Morgan fingerprint density at radius 1 is 1.14 bits per heavy atom. The lowest BCUT2D eigenvalue weighted by molar-refractivity contribution is 0.102. The third-order valence-electron chi connectivity index (χ3n) is 4.41.